The lowest BCUT2D eigenvalue weighted by Gasteiger charge is -2.10. The van der Waals surface area contributed by atoms with Crippen LogP contribution in [-0.4, -0.2) is 18.6 Å². The average Bonchev–Trinajstić information content (AvgIpc) is 3.03. The van der Waals surface area contributed by atoms with E-state index in [-0.39, 0.29) is 10.7 Å². The number of halogens is 1. The minimum atomic E-state index is -3.88. The van der Waals surface area contributed by atoms with Gasteiger partial charge in [-0.2, -0.15) is 0 Å². The van der Waals surface area contributed by atoms with Gasteiger partial charge < -0.3 is 4.40 Å². The number of rotatable bonds is 5. The zero-order valence-electron chi connectivity index (χ0n) is 15.5. The van der Waals surface area contributed by atoms with Crippen LogP contribution in [0, 0.1) is 6.92 Å². The van der Waals surface area contributed by atoms with Gasteiger partial charge in [-0.15, -0.1) is 0 Å². The number of nitrogens with zero attached hydrogens (tertiary/aromatic N) is 1. The number of benzene rings is 2. The predicted octanol–water partition coefficient (Wildman–Crippen LogP) is 4.93. The first kappa shape index (κ1) is 19.2. The summed E-state index contributed by atoms with van der Waals surface area (Å²) in [6.45, 7) is 1.86. The van der Waals surface area contributed by atoms with Gasteiger partial charge in [-0.05, 0) is 61.0 Å². The molecule has 0 saturated carbocycles. The molecule has 29 heavy (non-hydrogen) atoms. The first-order valence-corrected chi connectivity index (χ1v) is 10.7. The molecule has 0 bridgehead atoms. The van der Waals surface area contributed by atoms with Crippen molar-refractivity contribution in [1.82, 2.24) is 4.40 Å². The maximum atomic E-state index is 13.2. The van der Waals surface area contributed by atoms with Crippen molar-refractivity contribution in [2.24, 2.45) is 0 Å². The number of hydrogen-bond donors (Lipinski definition) is 1. The van der Waals surface area contributed by atoms with E-state index in [0.717, 1.165) is 11.1 Å². The van der Waals surface area contributed by atoms with Gasteiger partial charge in [0.1, 0.15) is 0 Å². The highest BCUT2D eigenvalue weighted by Crippen LogP contribution is 2.23. The maximum absolute atomic E-state index is 13.2. The van der Waals surface area contributed by atoms with E-state index in [1.54, 1.807) is 30.3 Å². The lowest BCUT2D eigenvalue weighted by atomic mass is 10.1. The quantitative estimate of drug-likeness (QED) is 0.462. The Labute approximate surface area is 173 Å². The fraction of sp³-hybridized carbons (Fsp3) is 0.0455. The van der Waals surface area contributed by atoms with E-state index >= 15 is 0 Å². The summed E-state index contributed by atoms with van der Waals surface area (Å²) in [5.74, 6) is -0.242. The molecule has 0 aliphatic rings. The Morgan fingerprint density at radius 2 is 1.76 bits per heavy atom. The zero-order valence-corrected chi connectivity index (χ0v) is 17.0. The van der Waals surface area contributed by atoms with E-state index in [0.29, 0.717) is 22.0 Å². The molecule has 0 unspecified atom stereocenters. The zero-order chi connectivity index (χ0) is 20.6. The number of carbonyl (C=O) groups excluding carboxylic acids is 1. The van der Waals surface area contributed by atoms with Crippen molar-refractivity contribution in [2.45, 2.75) is 11.8 Å². The van der Waals surface area contributed by atoms with Crippen LogP contribution >= 0.6 is 11.6 Å². The van der Waals surface area contributed by atoms with Gasteiger partial charge >= 0.3 is 0 Å². The molecule has 4 rings (SSSR count). The second-order valence-corrected chi connectivity index (χ2v) is 8.76. The van der Waals surface area contributed by atoms with Crippen LogP contribution in [-0.2, 0) is 10.0 Å². The van der Waals surface area contributed by atoms with Gasteiger partial charge in [0.05, 0.1) is 16.3 Å². The molecule has 5 nitrogen and oxygen atoms in total. The third-order valence-corrected chi connectivity index (χ3v) is 6.18. The molecule has 2 heterocycles. The molecule has 2 aromatic carbocycles. The highest BCUT2D eigenvalue weighted by molar-refractivity contribution is 7.92. The Morgan fingerprint density at radius 1 is 0.966 bits per heavy atom. The summed E-state index contributed by atoms with van der Waals surface area (Å²) in [6.07, 6.45) is 1.82. The summed E-state index contributed by atoms with van der Waals surface area (Å²) >= 11 is 5.92. The molecular formula is C22H17ClN2O3S. The van der Waals surface area contributed by atoms with Crippen LogP contribution < -0.4 is 4.72 Å². The number of nitrogens with one attached hydrogen (secondary N) is 1. The average molecular weight is 425 g/mol. The van der Waals surface area contributed by atoms with Gasteiger partial charge in [0.25, 0.3) is 10.0 Å². The molecular weight excluding hydrogens is 408 g/mol. The van der Waals surface area contributed by atoms with Crippen molar-refractivity contribution in [1.29, 1.82) is 0 Å². The van der Waals surface area contributed by atoms with Crippen LogP contribution in [0.1, 0.15) is 21.6 Å². The Hall–Kier alpha value is -3.09. The summed E-state index contributed by atoms with van der Waals surface area (Å²) in [7, 11) is -3.88. The summed E-state index contributed by atoms with van der Waals surface area (Å²) < 4.78 is 29.9. The van der Waals surface area contributed by atoms with Crippen molar-refractivity contribution in [2.75, 3.05) is 4.72 Å². The lowest BCUT2D eigenvalue weighted by Crippen LogP contribution is -2.14. The number of aryl methyl sites for hydroxylation is 1. The number of ketones is 1. The van der Waals surface area contributed by atoms with Crippen molar-refractivity contribution >= 4 is 38.6 Å². The SMILES string of the molecule is Cc1cc2ccccn2c1C(=O)c1cccc(S(=O)(=O)Nc2cccc(Cl)c2)c1. The third kappa shape index (κ3) is 3.77. The molecule has 0 fully saturated rings. The second kappa shape index (κ2) is 7.39. The molecule has 4 aromatic rings. The number of sulfonamides is 1. The molecule has 0 aliphatic heterocycles. The number of carbonyl (C=O) groups is 1. The van der Waals surface area contributed by atoms with E-state index in [2.05, 4.69) is 4.72 Å². The largest absolute Gasteiger partial charge is 0.313 e. The van der Waals surface area contributed by atoms with Gasteiger partial charge in [-0.25, -0.2) is 8.42 Å². The van der Waals surface area contributed by atoms with Crippen LogP contribution in [0.15, 0.2) is 83.9 Å². The molecule has 0 atom stereocenters. The summed E-state index contributed by atoms with van der Waals surface area (Å²) in [5.41, 5.74) is 2.89. The predicted molar refractivity (Wildman–Crippen MR) is 114 cm³/mol. The topological polar surface area (TPSA) is 67.6 Å². The first-order valence-electron chi connectivity index (χ1n) is 8.85. The van der Waals surface area contributed by atoms with E-state index in [1.165, 1.54) is 18.2 Å². The fourth-order valence-corrected chi connectivity index (χ4v) is 4.54. The minimum absolute atomic E-state index is 0.00170. The number of fused-ring (bicyclic) bond motifs is 1. The summed E-state index contributed by atoms with van der Waals surface area (Å²) in [4.78, 5) is 13.2. The van der Waals surface area contributed by atoms with Gasteiger partial charge in [-0.1, -0.05) is 35.9 Å². The van der Waals surface area contributed by atoms with Crippen molar-refractivity contribution < 1.29 is 13.2 Å². The Morgan fingerprint density at radius 3 is 2.55 bits per heavy atom. The van der Waals surface area contributed by atoms with Crippen LogP contribution in [0.2, 0.25) is 5.02 Å². The second-order valence-electron chi connectivity index (χ2n) is 6.64. The van der Waals surface area contributed by atoms with E-state index in [1.807, 2.05) is 41.8 Å². The van der Waals surface area contributed by atoms with Crippen LogP contribution in [0.4, 0.5) is 5.69 Å². The molecule has 0 radical (unpaired) electrons. The monoisotopic (exact) mass is 424 g/mol. The normalized spacial score (nSPS) is 11.5. The number of anilines is 1. The van der Waals surface area contributed by atoms with Crippen LogP contribution in [0.5, 0.6) is 0 Å². The van der Waals surface area contributed by atoms with Gasteiger partial charge in [0.15, 0.2) is 0 Å². The Balaban J connectivity index is 1.71. The summed E-state index contributed by atoms with van der Waals surface area (Å²) in [6, 6.07) is 20.0. The number of aromatic nitrogens is 1. The number of hydrogen-bond acceptors (Lipinski definition) is 3. The van der Waals surface area contributed by atoms with E-state index in [4.69, 9.17) is 11.6 Å². The molecule has 0 aliphatic carbocycles. The van der Waals surface area contributed by atoms with Gasteiger partial charge in [0, 0.05) is 22.3 Å². The minimum Gasteiger partial charge on any atom is -0.313 e. The maximum Gasteiger partial charge on any atom is 0.261 e. The third-order valence-electron chi connectivity index (χ3n) is 4.57. The highest BCUT2D eigenvalue weighted by Gasteiger charge is 2.20. The van der Waals surface area contributed by atoms with Gasteiger partial charge in [0.2, 0.25) is 5.78 Å². The van der Waals surface area contributed by atoms with Gasteiger partial charge in [-0.3, -0.25) is 9.52 Å². The van der Waals surface area contributed by atoms with Crippen LogP contribution in [0.3, 0.4) is 0 Å². The standard InChI is InChI=1S/C22H17ClN2O3S/c1-15-12-19-9-2-3-11-25(19)21(15)22(26)16-6-4-10-20(13-16)29(27,28)24-18-8-5-7-17(23)14-18/h2-14,24H,1H3. The molecule has 0 amide bonds. The molecule has 0 saturated heterocycles. The molecule has 7 heteroatoms. The molecule has 1 N–H and O–H groups in total. The van der Waals surface area contributed by atoms with Crippen molar-refractivity contribution in [3.63, 3.8) is 0 Å². The first-order chi connectivity index (χ1) is 13.8. The fourth-order valence-electron chi connectivity index (χ4n) is 3.25. The van der Waals surface area contributed by atoms with E-state index < -0.39 is 10.0 Å². The van der Waals surface area contributed by atoms with Crippen molar-refractivity contribution in [3.05, 3.63) is 101 Å². The Bertz CT molecular complexity index is 1340. The molecule has 146 valence electrons. The smallest absolute Gasteiger partial charge is 0.261 e. The number of pyridine rings is 1. The molecule has 0 spiro atoms. The Kier molecular flexibility index (Phi) is 4.90. The van der Waals surface area contributed by atoms with Crippen molar-refractivity contribution in [3.8, 4) is 0 Å². The molecule has 2 aromatic heterocycles. The lowest BCUT2D eigenvalue weighted by molar-refractivity contribution is 0.103. The summed E-state index contributed by atoms with van der Waals surface area (Å²) in [5, 5.41) is 0.421. The van der Waals surface area contributed by atoms with E-state index in [9.17, 15) is 13.2 Å². The highest BCUT2D eigenvalue weighted by atomic mass is 35.5. The van der Waals surface area contributed by atoms with Crippen LogP contribution in [0.25, 0.3) is 5.52 Å².